The van der Waals surface area contributed by atoms with Gasteiger partial charge in [-0.25, -0.2) is 0 Å². The normalized spacial score (nSPS) is 26.0. The summed E-state index contributed by atoms with van der Waals surface area (Å²) < 4.78 is 2.37. The van der Waals surface area contributed by atoms with Gasteiger partial charge >= 0.3 is 0 Å². The van der Waals surface area contributed by atoms with Crippen molar-refractivity contribution in [2.45, 2.75) is 52.1 Å². The lowest BCUT2D eigenvalue weighted by molar-refractivity contribution is 0.332. The molecule has 0 spiro atoms. The number of fused-ring (bicyclic) bond motifs is 1. The molecule has 2 unspecified atom stereocenters. The topological polar surface area (TPSA) is 42.7 Å². The Morgan fingerprint density at radius 3 is 2.65 bits per heavy atom. The molecule has 1 fully saturated rings. The van der Waals surface area contributed by atoms with E-state index in [1.54, 1.807) is 0 Å². The molecule has 0 bridgehead atoms. The third-order valence-corrected chi connectivity index (χ3v) is 4.19. The second-order valence-corrected chi connectivity index (χ2v) is 5.87. The van der Waals surface area contributed by atoms with Gasteiger partial charge < -0.3 is 9.88 Å². The van der Waals surface area contributed by atoms with E-state index in [4.69, 9.17) is 0 Å². The average molecular weight is 234 g/mol. The second-order valence-electron chi connectivity index (χ2n) is 5.87. The summed E-state index contributed by atoms with van der Waals surface area (Å²) in [6.45, 7) is 8.86. The lowest BCUT2D eigenvalue weighted by atomic mass is 10.0. The average Bonchev–Trinajstić information content (AvgIpc) is 3.07. The van der Waals surface area contributed by atoms with Crippen LogP contribution in [0.4, 0.5) is 0 Å². The molecule has 1 aromatic heterocycles. The maximum atomic E-state index is 4.46. The van der Waals surface area contributed by atoms with Gasteiger partial charge in [-0.3, -0.25) is 0 Å². The quantitative estimate of drug-likeness (QED) is 0.871. The molecule has 4 nitrogen and oxygen atoms in total. The molecule has 94 valence electrons. The Hall–Kier alpha value is -0.900. The van der Waals surface area contributed by atoms with Crippen LogP contribution in [0, 0.1) is 11.8 Å². The Kier molecular flexibility index (Phi) is 2.69. The maximum Gasteiger partial charge on any atom is 0.150 e. The van der Waals surface area contributed by atoms with Crippen LogP contribution in [0.1, 0.15) is 57.2 Å². The first-order valence-corrected chi connectivity index (χ1v) is 6.85. The first kappa shape index (κ1) is 11.2. The van der Waals surface area contributed by atoms with Crippen molar-refractivity contribution in [2.24, 2.45) is 11.8 Å². The van der Waals surface area contributed by atoms with Crippen LogP contribution in [0.2, 0.25) is 0 Å². The fourth-order valence-corrected chi connectivity index (χ4v) is 2.89. The summed E-state index contributed by atoms with van der Waals surface area (Å²) in [7, 11) is 0. The highest BCUT2D eigenvalue weighted by Crippen LogP contribution is 2.42. The SMILES string of the molecule is CC(C)C1NCCn2c(C(C)C3CC3)nnc21. The van der Waals surface area contributed by atoms with Crippen molar-refractivity contribution < 1.29 is 0 Å². The molecule has 2 heterocycles. The van der Waals surface area contributed by atoms with Crippen LogP contribution in [0.3, 0.4) is 0 Å². The van der Waals surface area contributed by atoms with Crippen LogP contribution in [0.5, 0.6) is 0 Å². The van der Waals surface area contributed by atoms with Crippen LogP contribution < -0.4 is 5.32 Å². The predicted octanol–water partition coefficient (Wildman–Crippen LogP) is 2.09. The predicted molar refractivity (Wildman–Crippen MR) is 66.7 cm³/mol. The minimum atomic E-state index is 0.372. The van der Waals surface area contributed by atoms with E-state index in [0.29, 0.717) is 17.9 Å². The Morgan fingerprint density at radius 2 is 2.00 bits per heavy atom. The number of rotatable bonds is 3. The first-order chi connectivity index (χ1) is 8.18. The molecule has 1 N–H and O–H groups in total. The molecule has 3 rings (SSSR count). The fourth-order valence-electron chi connectivity index (χ4n) is 2.89. The molecule has 17 heavy (non-hydrogen) atoms. The summed E-state index contributed by atoms with van der Waals surface area (Å²) in [6, 6.07) is 0.372. The van der Waals surface area contributed by atoms with Gasteiger partial charge in [0, 0.05) is 19.0 Å². The van der Waals surface area contributed by atoms with E-state index in [1.807, 2.05) is 0 Å². The van der Waals surface area contributed by atoms with Gasteiger partial charge in [-0.2, -0.15) is 0 Å². The minimum absolute atomic E-state index is 0.372. The second kappa shape index (κ2) is 4.09. The van der Waals surface area contributed by atoms with Crippen LogP contribution in [0.15, 0.2) is 0 Å². The molecule has 4 heteroatoms. The molecular weight excluding hydrogens is 212 g/mol. The molecule has 2 aliphatic rings. The Bertz CT molecular complexity index is 392. The summed E-state index contributed by atoms with van der Waals surface area (Å²) in [5.41, 5.74) is 0. The molecule has 1 aliphatic carbocycles. The number of aromatic nitrogens is 3. The molecule has 0 aromatic carbocycles. The summed E-state index contributed by atoms with van der Waals surface area (Å²) in [5, 5.41) is 12.5. The fraction of sp³-hybridized carbons (Fsp3) is 0.846. The zero-order valence-corrected chi connectivity index (χ0v) is 11.0. The molecular formula is C13H22N4. The van der Waals surface area contributed by atoms with E-state index < -0.39 is 0 Å². The van der Waals surface area contributed by atoms with Crippen molar-refractivity contribution in [2.75, 3.05) is 6.54 Å². The van der Waals surface area contributed by atoms with Gasteiger partial charge in [0.2, 0.25) is 0 Å². The standard InChI is InChI=1S/C13H22N4/c1-8(2)11-13-16-15-12(9(3)10-4-5-10)17(13)7-6-14-11/h8-11,14H,4-7H2,1-3H3. The summed E-state index contributed by atoms with van der Waals surface area (Å²) in [6.07, 6.45) is 2.74. The van der Waals surface area contributed by atoms with Crippen LogP contribution in [-0.4, -0.2) is 21.3 Å². The smallest absolute Gasteiger partial charge is 0.150 e. The molecule has 0 radical (unpaired) electrons. The van der Waals surface area contributed by atoms with Crippen molar-refractivity contribution in [1.82, 2.24) is 20.1 Å². The number of hydrogen-bond donors (Lipinski definition) is 1. The van der Waals surface area contributed by atoms with E-state index in [9.17, 15) is 0 Å². The molecule has 1 aliphatic heterocycles. The Balaban J connectivity index is 1.92. The highest BCUT2D eigenvalue weighted by molar-refractivity contribution is 5.10. The maximum absolute atomic E-state index is 4.46. The largest absolute Gasteiger partial charge is 0.312 e. The number of hydrogen-bond acceptors (Lipinski definition) is 3. The van der Waals surface area contributed by atoms with Gasteiger partial charge in [0.15, 0.2) is 5.82 Å². The summed E-state index contributed by atoms with van der Waals surface area (Å²) in [4.78, 5) is 0. The van der Waals surface area contributed by atoms with Gasteiger partial charge in [-0.1, -0.05) is 20.8 Å². The van der Waals surface area contributed by atoms with E-state index in [1.165, 1.54) is 18.7 Å². The van der Waals surface area contributed by atoms with Crippen molar-refractivity contribution in [3.05, 3.63) is 11.6 Å². The Morgan fingerprint density at radius 1 is 1.24 bits per heavy atom. The first-order valence-electron chi connectivity index (χ1n) is 6.85. The molecule has 0 amide bonds. The van der Waals surface area contributed by atoms with Crippen molar-refractivity contribution in [1.29, 1.82) is 0 Å². The van der Waals surface area contributed by atoms with E-state index >= 15 is 0 Å². The Labute approximate surface area is 103 Å². The number of nitrogens with one attached hydrogen (secondary N) is 1. The van der Waals surface area contributed by atoms with Gasteiger partial charge in [-0.05, 0) is 24.7 Å². The molecule has 1 saturated carbocycles. The van der Waals surface area contributed by atoms with E-state index in [2.05, 4.69) is 40.9 Å². The van der Waals surface area contributed by atoms with Crippen molar-refractivity contribution in [3.8, 4) is 0 Å². The van der Waals surface area contributed by atoms with Crippen molar-refractivity contribution >= 4 is 0 Å². The third kappa shape index (κ3) is 1.88. The molecule has 0 saturated heterocycles. The van der Waals surface area contributed by atoms with Gasteiger partial charge in [-0.15, -0.1) is 10.2 Å². The van der Waals surface area contributed by atoms with Crippen molar-refractivity contribution in [3.63, 3.8) is 0 Å². The zero-order chi connectivity index (χ0) is 12.0. The monoisotopic (exact) mass is 234 g/mol. The van der Waals surface area contributed by atoms with Crippen LogP contribution in [-0.2, 0) is 6.54 Å². The van der Waals surface area contributed by atoms with Gasteiger partial charge in [0.1, 0.15) is 5.82 Å². The third-order valence-electron chi connectivity index (χ3n) is 4.19. The minimum Gasteiger partial charge on any atom is -0.312 e. The highest BCUT2D eigenvalue weighted by atomic mass is 15.3. The molecule has 1 aromatic rings. The van der Waals surface area contributed by atoms with Crippen LogP contribution in [0.25, 0.3) is 0 Å². The molecule has 2 atom stereocenters. The van der Waals surface area contributed by atoms with Gasteiger partial charge in [0.25, 0.3) is 0 Å². The van der Waals surface area contributed by atoms with Gasteiger partial charge in [0.05, 0.1) is 6.04 Å². The highest BCUT2D eigenvalue weighted by Gasteiger charge is 2.35. The lowest BCUT2D eigenvalue weighted by Gasteiger charge is -2.28. The summed E-state index contributed by atoms with van der Waals surface area (Å²) in [5.74, 6) is 4.38. The summed E-state index contributed by atoms with van der Waals surface area (Å²) >= 11 is 0. The van der Waals surface area contributed by atoms with Crippen LogP contribution >= 0.6 is 0 Å². The van der Waals surface area contributed by atoms with E-state index in [0.717, 1.165) is 24.8 Å². The lowest BCUT2D eigenvalue weighted by Crippen LogP contribution is -2.37. The number of nitrogens with zero attached hydrogens (tertiary/aromatic N) is 3. The van der Waals surface area contributed by atoms with E-state index in [-0.39, 0.29) is 0 Å². The zero-order valence-electron chi connectivity index (χ0n) is 11.0.